The van der Waals surface area contributed by atoms with Gasteiger partial charge in [0.25, 0.3) is 0 Å². The minimum Gasteiger partial charge on any atom is -0.489 e. The average Bonchev–Trinajstić information content (AvgIpc) is 2.93. The number of anilines is 1. The van der Waals surface area contributed by atoms with E-state index in [1.54, 1.807) is 19.9 Å². The zero-order chi connectivity index (χ0) is 33.1. The van der Waals surface area contributed by atoms with Gasteiger partial charge < -0.3 is 29.2 Å². The highest BCUT2D eigenvalue weighted by atomic mass is 17.1. The Bertz CT molecular complexity index is 1040. The first-order valence-electron chi connectivity index (χ1n) is 13.7. The number of nitrogens with zero attached hydrogens (tertiary/aromatic N) is 3. The lowest BCUT2D eigenvalue weighted by Gasteiger charge is -2.31. The van der Waals surface area contributed by atoms with Crippen molar-refractivity contribution in [3.8, 4) is 5.75 Å². The number of carbonyl (C=O) groups excluding carboxylic acids is 4. The van der Waals surface area contributed by atoms with Crippen LogP contribution < -0.4 is 10.1 Å². The van der Waals surface area contributed by atoms with Gasteiger partial charge in [-0.2, -0.15) is 0 Å². The highest BCUT2D eigenvalue weighted by Gasteiger charge is 2.26. The maximum absolute atomic E-state index is 12.9. The fourth-order valence-corrected chi connectivity index (χ4v) is 3.56. The second-order valence-corrected chi connectivity index (χ2v) is 9.41. The summed E-state index contributed by atoms with van der Waals surface area (Å²) in [5.74, 6) is -1.70. The highest BCUT2D eigenvalue weighted by molar-refractivity contribution is 5.99. The van der Waals surface area contributed by atoms with Gasteiger partial charge in [-0.25, -0.2) is 14.5 Å². The van der Waals surface area contributed by atoms with Gasteiger partial charge in [0.2, 0.25) is 11.8 Å². The van der Waals surface area contributed by atoms with Gasteiger partial charge >= 0.3 is 5.97 Å². The van der Waals surface area contributed by atoms with Gasteiger partial charge in [0, 0.05) is 18.2 Å². The molecule has 1 aromatic rings. The minimum atomic E-state index is -1.05. The van der Waals surface area contributed by atoms with Crippen molar-refractivity contribution in [2.45, 2.75) is 52.7 Å². The van der Waals surface area contributed by atoms with Gasteiger partial charge in [-0.05, 0) is 45.4 Å². The monoisotopic (exact) mass is 634 g/mol. The molecule has 0 fully saturated rings. The Hall–Kier alpha value is -3.30. The second kappa shape index (κ2) is 21.4. The number of ether oxygens (including phenoxy) is 4. The van der Waals surface area contributed by atoms with Crippen molar-refractivity contribution >= 4 is 29.3 Å². The molecule has 0 aliphatic heterocycles. The van der Waals surface area contributed by atoms with Crippen LogP contribution in [0.1, 0.15) is 50.9 Å². The van der Waals surface area contributed by atoms with E-state index in [2.05, 4.69) is 15.0 Å². The van der Waals surface area contributed by atoms with Crippen molar-refractivity contribution in [3.63, 3.8) is 0 Å². The Balaban J connectivity index is 3.01. The molecule has 0 aliphatic rings. The summed E-state index contributed by atoms with van der Waals surface area (Å²) in [6.07, 6.45) is -0.0894. The first kappa shape index (κ1) is 38.7. The van der Waals surface area contributed by atoms with Crippen LogP contribution in [-0.4, -0.2) is 125 Å². The van der Waals surface area contributed by atoms with Gasteiger partial charge in [0.1, 0.15) is 25.6 Å². The largest absolute Gasteiger partial charge is 0.489 e. The number of Topliss-reactive ketones (excluding diaryl/α,β-unsaturated/α-hetero) is 1. The molecule has 2 amide bonds. The van der Waals surface area contributed by atoms with E-state index < -0.39 is 42.0 Å². The molecule has 18 nitrogen and oxygen atoms in total. The second-order valence-electron chi connectivity index (χ2n) is 9.41. The maximum Gasteiger partial charge on any atom is 0.332 e. The van der Waals surface area contributed by atoms with Crippen molar-refractivity contribution in [1.82, 2.24) is 15.7 Å². The summed E-state index contributed by atoms with van der Waals surface area (Å²) in [5.41, 5.74) is 0.578. The van der Waals surface area contributed by atoms with Crippen LogP contribution in [0.4, 0.5) is 5.69 Å². The minimum absolute atomic E-state index is 0.134. The molecule has 0 radical (unpaired) electrons. The average molecular weight is 635 g/mol. The number of ketones is 1. The zero-order valence-electron chi connectivity index (χ0n) is 25.2. The molecule has 0 aromatic heterocycles. The Morgan fingerprint density at radius 1 is 0.909 bits per heavy atom. The van der Waals surface area contributed by atoms with E-state index in [-0.39, 0.29) is 68.6 Å². The summed E-state index contributed by atoms with van der Waals surface area (Å²) in [7, 11) is 0. The standard InChI is InChI=1S/C26H42N4O14/c1-5-6-24(32)27-20-7-8-23(22(13-20)19(4)31)41-15-21(44-26(34)17-40-10-12-43-30(37)38)14-28(18(2)3)25(33)16-39-9-11-42-29(35)36/h7-8,13,18,21,35-38H,5-6,9-12,14-17H2,1-4H3,(H,27,32). The van der Waals surface area contributed by atoms with E-state index in [1.807, 2.05) is 6.92 Å². The smallest absolute Gasteiger partial charge is 0.332 e. The van der Waals surface area contributed by atoms with Crippen LogP contribution in [0.25, 0.3) is 0 Å². The van der Waals surface area contributed by atoms with Crippen LogP contribution in [0.15, 0.2) is 18.2 Å². The van der Waals surface area contributed by atoms with Gasteiger partial charge in [-0.1, -0.05) is 6.92 Å². The lowest BCUT2D eigenvalue weighted by atomic mass is 10.1. The van der Waals surface area contributed by atoms with E-state index in [9.17, 15) is 19.2 Å². The number of carbonyl (C=O) groups is 4. The van der Waals surface area contributed by atoms with Gasteiger partial charge in [0.15, 0.2) is 11.9 Å². The van der Waals surface area contributed by atoms with Crippen LogP contribution in [0.2, 0.25) is 0 Å². The van der Waals surface area contributed by atoms with Crippen molar-refractivity contribution in [3.05, 3.63) is 23.8 Å². The van der Waals surface area contributed by atoms with Crippen molar-refractivity contribution in [2.24, 2.45) is 0 Å². The molecule has 5 N–H and O–H groups in total. The lowest BCUT2D eigenvalue weighted by molar-refractivity contribution is -0.493. The number of hydrogen-bond acceptors (Lipinski definition) is 16. The van der Waals surface area contributed by atoms with Gasteiger partial charge in [-0.3, -0.25) is 35.2 Å². The molecule has 18 heteroatoms. The third-order valence-electron chi connectivity index (χ3n) is 5.50. The van der Waals surface area contributed by atoms with Crippen molar-refractivity contribution < 1.29 is 68.6 Å². The normalized spacial score (nSPS) is 12.0. The Kier molecular flexibility index (Phi) is 18.8. The molecule has 0 saturated heterocycles. The molecule has 1 unspecified atom stereocenters. The highest BCUT2D eigenvalue weighted by Crippen LogP contribution is 2.24. The Labute approximate surface area is 254 Å². The van der Waals surface area contributed by atoms with E-state index in [1.165, 1.54) is 24.0 Å². The Morgan fingerprint density at radius 2 is 1.52 bits per heavy atom. The number of amides is 2. The van der Waals surface area contributed by atoms with Gasteiger partial charge in [0.05, 0.1) is 49.3 Å². The topological polar surface area (TPSA) is 226 Å². The fraction of sp³-hybridized carbons (Fsp3) is 0.615. The number of rotatable bonds is 23. The van der Waals surface area contributed by atoms with Gasteiger partial charge in [-0.15, -0.1) is 0 Å². The molecule has 250 valence electrons. The predicted molar refractivity (Wildman–Crippen MR) is 147 cm³/mol. The molecule has 0 bridgehead atoms. The quantitative estimate of drug-likeness (QED) is 0.0493. The van der Waals surface area contributed by atoms with Crippen molar-refractivity contribution in [1.29, 1.82) is 0 Å². The fourth-order valence-electron chi connectivity index (χ4n) is 3.56. The van der Waals surface area contributed by atoms with E-state index in [0.717, 1.165) is 0 Å². The summed E-state index contributed by atoms with van der Waals surface area (Å²) >= 11 is 0. The molecule has 0 aliphatic carbocycles. The molecular weight excluding hydrogens is 592 g/mol. The van der Waals surface area contributed by atoms with E-state index in [0.29, 0.717) is 18.5 Å². The number of esters is 1. The van der Waals surface area contributed by atoms with Crippen LogP contribution >= 0.6 is 0 Å². The van der Waals surface area contributed by atoms with E-state index >= 15 is 0 Å². The molecule has 1 rings (SSSR count). The zero-order valence-corrected chi connectivity index (χ0v) is 25.2. The van der Waals surface area contributed by atoms with Crippen LogP contribution in [0.3, 0.4) is 0 Å². The summed E-state index contributed by atoms with van der Waals surface area (Å²) in [6, 6.07) is 4.15. The van der Waals surface area contributed by atoms with Crippen LogP contribution in [-0.2, 0) is 38.3 Å². The van der Waals surface area contributed by atoms with Crippen LogP contribution in [0.5, 0.6) is 5.75 Å². The number of benzene rings is 1. The summed E-state index contributed by atoms with van der Waals surface area (Å²) in [6.45, 7) is 4.46. The molecule has 0 spiro atoms. The summed E-state index contributed by atoms with van der Waals surface area (Å²) in [5, 5.41) is 35.9. The third kappa shape index (κ3) is 16.5. The van der Waals surface area contributed by atoms with Crippen molar-refractivity contribution in [2.75, 3.05) is 58.1 Å². The molecule has 1 aromatic carbocycles. The number of nitrogens with one attached hydrogen (secondary N) is 1. The summed E-state index contributed by atoms with van der Waals surface area (Å²) < 4.78 is 21.7. The lowest BCUT2D eigenvalue weighted by Crippen LogP contribution is -2.47. The third-order valence-corrected chi connectivity index (χ3v) is 5.50. The first-order chi connectivity index (χ1) is 20.8. The molecular formula is C26H42N4O14. The summed E-state index contributed by atoms with van der Waals surface area (Å²) in [4.78, 5) is 59.8. The number of hydrogen-bond donors (Lipinski definition) is 5. The van der Waals surface area contributed by atoms with Crippen LogP contribution in [0, 0.1) is 0 Å². The SMILES string of the molecule is CCCC(=O)Nc1ccc(OCC(CN(C(=O)COCCON(O)O)C(C)C)OC(=O)COCCON(O)O)c(C(C)=O)c1. The molecule has 1 atom stereocenters. The Morgan fingerprint density at radius 3 is 2.07 bits per heavy atom. The maximum atomic E-state index is 12.9. The molecule has 0 heterocycles. The predicted octanol–water partition coefficient (Wildman–Crippen LogP) is 1.21. The molecule has 44 heavy (non-hydrogen) atoms. The molecule has 0 saturated carbocycles. The first-order valence-corrected chi connectivity index (χ1v) is 13.7. The van der Waals surface area contributed by atoms with E-state index in [4.69, 9.17) is 39.8 Å².